The van der Waals surface area contributed by atoms with Crippen molar-refractivity contribution in [3.05, 3.63) is 40.5 Å². The fourth-order valence-electron chi connectivity index (χ4n) is 2.21. The average Bonchev–Trinajstić information content (AvgIpc) is 2.97. The normalized spacial score (nSPS) is 14.6. The highest BCUT2D eigenvalue weighted by atomic mass is 35.5. The fraction of sp³-hybridized carbons (Fsp3) is 0.286. The summed E-state index contributed by atoms with van der Waals surface area (Å²) in [6.45, 7) is 2.05. The number of aromatic nitrogens is 2. The molecule has 2 aromatic rings. The summed E-state index contributed by atoms with van der Waals surface area (Å²) in [6.07, 6.45) is 4.17. The molecular weight excluding hydrogens is 295 g/mol. The van der Waals surface area contributed by atoms with Gasteiger partial charge in [0.05, 0.1) is 10.0 Å². The van der Waals surface area contributed by atoms with Crippen LogP contribution in [0.15, 0.2) is 30.5 Å². The lowest BCUT2D eigenvalue weighted by Crippen LogP contribution is -2.20. The van der Waals surface area contributed by atoms with Crippen LogP contribution in [0.3, 0.4) is 0 Å². The Morgan fingerprint density at radius 2 is 1.85 bits per heavy atom. The Balaban J connectivity index is 1.79. The molecule has 0 atom stereocenters. The molecule has 1 aromatic heterocycles. The van der Waals surface area contributed by atoms with Crippen LogP contribution in [0.1, 0.15) is 12.8 Å². The molecule has 1 aliphatic rings. The van der Waals surface area contributed by atoms with Crippen LogP contribution in [-0.4, -0.2) is 23.1 Å². The molecular formula is C14H14Cl2N4. The van der Waals surface area contributed by atoms with Crippen molar-refractivity contribution in [2.45, 2.75) is 12.8 Å². The summed E-state index contributed by atoms with van der Waals surface area (Å²) < 4.78 is 0. The molecule has 0 bridgehead atoms. The molecule has 3 rings (SSSR count). The van der Waals surface area contributed by atoms with Crippen LogP contribution in [0, 0.1) is 0 Å². The van der Waals surface area contributed by atoms with Gasteiger partial charge in [0.2, 0.25) is 5.95 Å². The smallest absolute Gasteiger partial charge is 0.227 e. The number of hydrogen-bond acceptors (Lipinski definition) is 4. The Morgan fingerprint density at radius 1 is 1.05 bits per heavy atom. The van der Waals surface area contributed by atoms with Gasteiger partial charge in [-0.15, -0.1) is 0 Å². The van der Waals surface area contributed by atoms with Gasteiger partial charge >= 0.3 is 0 Å². The molecule has 2 heterocycles. The summed E-state index contributed by atoms with van der Waals surface area (Å²) in [7, 11) is 0. The lowest BCUT2D eigenvalue weighted by molar-refractivity contribution is 0.900. The quantitative estimate of drug-likeness (QED) is 0.925. The van der Waals surface area contributed by atoms with Crippen LogP contribution in [0.25, 0.3) is 0 Å². The highest BCUT2D eigenvalue weighted by Crippen LogP contribution is 2.27. The molecule has 20 heavy (non-hydrogen) atoms. The fourth-order valence-corrected chi connectivity index (χ4v) is 2.51. The summed E-state index contributed by atoms with van der Waals surface area (Å²) in [5, 5.41) is 4.27. The highest BCUT2D eigenvalue weighted by Gasteiger charge is 2.15. The maximum atomic E-state index is 6.00. The van der Waals surface area contributed by atoms with Gasteiger partial charge < -0.3 is 10.2 Å². The molecule has 0 radical (unpaired) electrons. The molecule has 6 heteroatoms. The van der Waals surface area contributed by atoms with Crippen LogP contribution in [-0.2, 0) is 0 Å². The maximum Gasteiger partial charge on any atom is 0.227 e. The van der Waals surface area contributed by atoms with Gasteiger partial charge in [0.15, 0.2) is 0 Å². The van der Waals surface area contributed by atoms with Gasteiger partial charge in [-0.1, -0.05) is 23.2 Å². The van der Waals surface area contributed by atoms with E-state index in [1.165, 1.54) is 12.8 Å². The zero-order valence-electron chi connectivity index (χ0n) is 10.8. The lowest BCUT2D eigenvalue weighted by Gasteiger charge is -2.15. The molecule has 1 aliphatic heterocycles. The van der Waals surface area contributed by atoms with Crippen LogP contribution in [0.2, 0.25) is 10.0 Å². The molecule has 1 N–H and O–H groups in total. The Kier molecular flexibility index (Phi) is 3.94. The summed E-state index contributed by atoms with van der Waals surface area (Å²) in [5.41, 5.74) is 0.852. The van der Waals surface area contributed by atoms with Gasteiger partial charge in [0.25, 0.3) is 0 Å². The van der Waals surface area contributed by atoms with E-state index in [2.05, 4.69) is 20.2 Å². The molecule has 1 fully saturated rings. The van der Waals surface area contributed by atoms with E-state index in [-0.39, 0.29) is 0 Å². The topological polar surface area (TPSA) is 41.1 Å². The lowest BCUT2D eigenvalue weighted by atomic mass is 10.3. The van der Waals surface area contributed by atoms with Crippen LogP contribution in [0.4, 0.5) is 17.5 Å². The van der Waals surface area contributed by atoms with Gasteiger partial charge in [0, 0.05) is 25.0 Å². The average molecular weight is 309 g/mol. The number of anilines is 3. The number of halogens is 2. The predicted molar refractivity (Wildman–Crippen MR) is 83.2 cm³/mol. The Labute approximate surface area is 127 Å². The van der Waals surface area contributed by atoms with E-state index in [4.69, 9.17) is 23.2 Å². The van der Waals surface area contributed by atoms with Crippen molar-refractivity contribution in [2.24, 2.45) is 0 Å². The van der Waals surface area contributed by atoms with Gasteiger partial charge in [-0.3, -0.25) is 0 Å². The molecule has 0 amide bonds. The number of nitrogens with one attached hydrogen (secondary N) is 1. The minimum absolute atomic E-state index is 0.519. The minimum Gasteiger partial charge on any atom is -0.341 e. The number of benzene rings is 1. The van der Waals surface area contributed by atoms with E-state index in [0.29, 0.717) is 10.0 Å². The van der Waals surface area contributed by atoms with Crippen molar-refractivity contribution >= 4 is 40.7 Å². The van der Waals surface area contributed by atoms with Gasteiger partial charge in [-0.25, -0.2) is 4.98 Å². The molecule has 0 spiro atoms. The monoisotopic (exact) mass is 308 g/mol. The summed E-state index contributed by atoms with van der Waals surface area (Å²) >= 11 is 11.9. The second kappa shape index (κ2) is 5.85. The van der Waals surface area contributed by atoms with Gasteiger partial charge in [-0.2, -0.15) is 4.98 Å². The first-order chi connectivity index (χ1) is 9.72. The molecule has 0 unspecified atom stereocenters. The highest BCUT2D eigenvalue weighted by molar-refractivity contribution is 6.42. The van der Waals surface area contributed by atoms with Gasteiger partial charge in [-0.05, 0) is 37.1 Å². The largest absolute Gasteiger partial charge is 0.341 e. The third-order valence-corrected chi connectivity index (χ3v) is 3.96. The maximum absolute atomic E-state index is 6.00. The van der Waals surface area contributed by atoms with E-state index in [1.54, 1.807) is 18.3 Å². The summed E-state index contributed by atoms with van der Waals surface area (Å²) in [5.74, 6) is 1.52. The first-order valence-corrected chi connectivity index (χ1v) is 7.28. The number of hydrogen-bond donors (Lipinski definition) is 1. The van der Waals surface area contributed by atoms with E-state index in [9.17, 15) is 0 Å². The van der Waals surface area contributed by atoms with Crippen LogP contribution < -0.4 is 10.2 Å². The van der Waals surface area contributed by atoms with Crippen molar-refractivity contribution in [3.63, 3.8) is 0 Å². The van der Waals surface area contributed by atoms with Crippen LogP contribution in [0.5, 0.6) is 0 Å². The zero-order chi connectivity index (χ0) is 13.9. The zero-order valence-corrected chi connectivity index (χ0v) is 12.3. The van der Waals surface area contributed by atoms with Crippen LogP contribution >= 0.6 is 23.2 Å². The molecule has 1 aromatic carbocycles. The van der Waals surface area contributed by atoms with Crippen molar-refractivity contribution in [1.29, 1.82) is 0 Å². The number of rotatable bonds is 3. The minimum atomic E-state index is 0.519. The van der Waals surface area contributed by atoms with Crippen molar-refractivity contribution in [1.82, 2.24) is 9.97 Å². The first kappa shape index (κ1) is 13.5. The third kappa shape index (κ3) is 2.97. The van der Waals surface area contributed by atoms with Crippen molar-refractivity contribution in [3.8, 4) is 0 Å². The second-order valence-electron chi connectivity index (χ2n) is 4.69. The predicted octanol–water partition coefficient (Wildman–Crippen LogP) is 4.13. The molecule has 1 saturated heterocycles. The van der Waals surface area contributed by atoms with E-state index in [0.717, 1.165) is 30.5 Å². The summed E-state index contributed by atoms with van der Waals surface area (Å²) in [6, 6.07) is 7.24. The van der Waals surface area contributed by atoms with E-state index in [1.807, 2.05) is 12.1 Å². The Morgan fingerprint density at radius 3 is 2.60 bits per heavy atom. The number of nitrogens with zero attached hydrogens (tertiary/aromatic N) is 3. The SMILES string of the molecule is Clc1ccc(Nc2ccnc(N3CCCC3)n2)cc1Cl. The molecule has 104 valence electrons. The van der Waals surface area contributed by atoms with Crippen molar-refractivity contribution < 1.29 is 0 Å². The van der Waals surface area contributed by atoms with E-state index < -0.39 is 0 Å². The Hall–Kier alpha value is -1.52. The van der Waals surface area contributed by atoms with Crippen molar-refractivity contribution in [2.75, 3.05) is 23.3 Å². The van der Waals surface area contributed by atoms with Gasteiger partial charge in [0.1, 0.15) is 5.82 Å². The molecule has 0 saturated carbocycles. The van der Waals surface area contributed by atoms with E-state index >= 15 is 0 Å². The summed E-state index contributed by atoms with van der Waals surface area (Å²) in [4.78, 5) is 11.0. The molecule has 4 nitrogen and oxygen atoms in total. The standard InChI is InChI=1S/C14H14Cl2N4/c15-11-4-3-10(9-12(11)16)18-13-5-6-17-14(19-13)20-7-1-2-8-20/h3-6,9H,1-2,7-8H2,(H,17,18,19). The first-order valence-electron chi connectivity index (χ1n) is 6.52. The second-order valence-corrected chi connectivity index (χ2v) is 5.50. The Bertz CT molecular complexity index is 612. The third-order valence-electron chi connectivity index (χ3n) is 3.22. The molecule has 0 aliphatic carbocycles.